The van der Waals surface area contributed by atoms with Gasteiger partial charge in [0.15, 0.2) is 6.10 Å². The third kappa shape index (κ3) is 6.43. The zero-order valence-electron chi connectivity index (χ0n) is 18.2. The molecule has 1 amide bonds. The first-order valence-corrected chi connectivity index (χ1v) is 10.3. The number of carbonyl (C=O) groups is 2. The predicted molar refractivity (Wildman–Crippen MR) is 121 cm³/mol. The molecule has 0 unspecified atom stereocenters. The van der Waals surface area contributed by atoms with Crippen LogP contribution in [0.2, 0.25) is 0 Å². The number of esters is 1. The van der Waals surface area contributed by atoms with E-state index in [0.717, 1.165) is 11.1 Å². The van der Waals surface area contributed by atoms with Crippen LogP contribution in [-0.4, -0.2) is 32.1 Å². The highest BCUT2D eigenvalue weighted by Gasteiger charge is 2.27. The summed E-state index contributed by atoms with van der Waals surface area (Å²) >= 11 is 0. The van der Waals surface area contributed by atoms with Crippen molar-refractivity contribution in [3.63, 3.8) is 0 Å². The molecular formula is C26H27NO5. The van der Waals surface area contributed by atoms with E-state index in [1.54, 1.807) is 12.1 Å². The molecule has 0 spiro atoms. The first-order chi connectivity index (χ1) is 15.6. The normalized spacial score (nSPS) is 12.4. The van der Waals surface area contributed by atoms with Gasteiger partial charge in [-0.15, -0.1) is 0 Å². The predicted octanol–water partition coefficient (Wildman–Crippen LogP) is 3.85. The van der Waals surface area contributed by atoms with Crippen molar-refractivity contribution >= 4 is 11.9 Å². The second-order valence-corrected chi connectivity index (χ2v) is 7.24. The first-order valence-electron chi connectivity index (χ1n) is 10.3. The molecule has 3 aromatic rings. The molecule has 0 saturated carbocycles. The highest BCUT2D eigenvalue weighted by atomic mass is 16.5. The minimum Gasteiger partial charge on any atom is -0.489 e. The third-order valence-electron chi connectivity index (χ3n) is 4.96. The molecule has 6 nitrogen and oxygen atoms in total. The van der Waals surface area contributed by atoms with Gasteiger partial charge in [-0.2, -0.15) is 0 Å². The Morgan fingerprint density at radius 2 is 1.50 bits per heavy atom. The van der Waals surface area contributed by atoms with E-state index in [1.807, 2.05) is 72.8 Å². The molecule has 0 aromatic heterocycles. The quantitative estimate of drug-likeness (QED) is 0.492. The van der Waals surface area contributed by atoms with E-state index < -0.39 is 24.0 Å². The maximum atomic E-state index is 12.9. The molecule has 0 radical (unpaired) electrons. The second-order valence-electron chi connectivity index (χ2n) is 7.24. The van der Waals surface area contributed by atoms with Crippen LogP contribution < -0.4 is 10.1 Å². The van der Waals surface area contributed by atoms with Crippen LogP contribution >= 0.6 is 0 Å². The maximum absolute atomic E-state index is 12.9. The summed E-state index contributed by atoms with van der Waals surface area (Å²) in [7, 11) is 2.75. The fourth-order valence-electron chi connectivity index (χ4n) is 3.34. The largest absolute Gasteiger partial charge is 0.489 e. The zero-order chi connectivity index (χ0) is 22.8. The van der Waals surface area contributed by atoms with Gasteiger partial charge in [-0.1, -0.05) is 72.8 Å². The van der Waals surface area contributed by atoms with E-state index in [4.69, 9.17) is 14.2 Å². The van der Waals surface area contributed by atoms with Crippen LogP contribution in [0.1, 0.15) is 22.8 Å². The number of carbonyl (C=O) groups excluding carboxylic acids is 2. The summed E-state index contributed by atoms with van der Waals surface area (Å²) in [5.74, 6) is -0.261. The summed E-state index contributed by atoms with van der Waals surface area (Å²) in [4.78, 5) is 25.2. The lowest BCUT2D eigenvalue weighted by Gasteiger charge is -2.21. The van der Waals surface area contributed by atoms with E-state index in [2.05, 4.69) is 5.32 Å². The molecule has 0 aliphatic heterocycles. The molecule has 0 aliphatic rings. The topological polar surface area (TPSA) is 73.9 Å². The zero-order valence-corrected chi connectivity index (χ0v) is 18.2. The van der Waals surface area contributed by atoms with E-state index >= 15 is 0 Å². The maximum Gasteiger partial charge on any atom is 0.328 e. The van der Waals surface area contributed by atoms with Crippen molar-refractivity contribution in [3.05, 3.63) is 102 Å². The third-order valence-corrected chi connectivity index (χ3v) is 4.96. The van der Waals surface area contributed by atoms with E-state index in [-0.39, 0.29) is 6.42 Å². The molecule has 3 rings (SSSR count). The number of amides is 1. The average Bonchev–Trinajstić information content (AvgIpc) is 2.84. The van der Waals surface area contributed by atoms with Crippen molar-refractivity contribution in [2.24, 2.45) is 0 Å². The monoisotopic (exact) mass is 433 g/mol. The number of nitrogens with one attached hydrogen (secondary N) is 1. The number of methoxy groups -OCH3 is 2. The summed E-state index contributed by atoms with van der Waals surface area (Å²) in [5, 5.41) is 2.76. The van der Waals surface area contributed by atoms with Crippen LogP contribution in [0.25, 0.3) is 0 Å². The molecule has 6 heteroatoms. The van der Waals surface area contributed by atoms with Crippen molar-refractivity contribution in [1.29, 1.82) is 0 Å². The van der Waals surface area contributed by atoms with Gasteiger partial charge in [0.25, 0.3) is 5.91 Å². The van der Waals surface area contributed by atoms with Crippen molar-refractivity contribution in [3.8, 4) is 5.75 Å². The van der Waals surface area contributed by atoms with Crippen LogP contribution in [-0.2, 0) is 32.1 Å². The fraction of sp³-hybridized carbons (Fsp3) is 0.231. The van der Waals surface area contributed by atoms with Crippen molar-refractivity contribution in [2.45, 2.75) is 25.2 Å². The Bertz CT molecular complexity index is 1010. The highest BCUT2D eigenvalue weighted by Crippen LogP contribution is 2.19. The smallest absolute Gasteiger partial charge is 0.328 e. The summed E-state index contributed by atoms with van der Waals surface area (Å²) in [6.07, 6.45) is -0.574. The molecule has 32 heavy (non-hydrogen) atoms. The van der Waals surface area contributed by atoms with Crippen LogP contribution in [0.3, 0.4) is 0 Å². The summed E-state index contributed by atoms with van der Waals surface area (Å²) in [6, 6.07) is 25.6. The van der Waals surface area contributed by atoms with Gasteiger partial charge in [0, 0.05) is 13.5 Å². The van der Waals surface area contributed by atoms with Crippen molar-refractivity contribution in [1.82, 2.24) is 5.32 Å². The number of hydrogen-bond acceptors (Lipinski definition) is 5. The minimum atomic E-state index is -0.863. The fourth-order valence-corrected chi connectivity index (χ4v) is 3.34. The molecule has 0 bridgehead atoms. The second kappa shape index (κ2) is 11.7. The van der Waals surface area contributed by atoms with E-state index in [9.17, 15) is 9.59 Å². The SMILES string of the molecule is COC(=O)[C@@H](Cc1cccc(OCc2ccccc2)c1)NC(=O)[C@@H](OC)c1ccccc1. The number of hydrogen-bond donors (Lipinski definition) is 1. The van der Waals surface area contributed by atoms with E-state index in [0.29, 0.717) is 17.9 Å². The number of benzene rings is 3. The molecule has 0 heterocycles. The molecule has 0 aliphatic carbocycles. The van der Waals surface area contributed by atoms with Crippen LogP contribution in [0.5, 0.6) is 5.75 Å². The molecule has 166 valence electrons. The molecule has 1 N–H and O–H groups in total. The van der Waals surface area contributed by atoms with Gasteiger partial charge in [-0.25, -0.2) is 4.79 Å². The van der Waals surface area contributed by atoms with Gasteiger partial charge >= 0.3 is 5.97 Å². The Morgan fingerprint density at radius 1 is 0.844 bits per heavy atom. The minimum absolute atomic E-state index is 0.256. The number of ether oxygens (including phenoxy) is 3. The van der Waals surface area contributed by atoms with Crippen molar-refractivity contribution in [2.75, 3.05) is 14.2 Å². The Morgan fingerprint density at radius 3 is 2.16 bits per heavy atom. The van der Waals surface area contributed by atoms with Gasteiger partial charge in [-0.05, 0) is 28.8 Å². The number of rotatable bonds is 10. The molecule has 3 aromatic carbocycles. The first kappa shape index (κ1) is 23.0. The van der Waals surface area contributed by atoms with Crippen LogP contribution in [0, 0.1) is 0 Å². The van der Waals surface area contributed by atoms with Gasteiger partial charge in [0.2, 0.25) is 0 Å². The summed E-state index contributed by atoms with van der Waals surface area (Å²) in [5.41, 5.74) is 2.59. The average molecular weight is 434 g/mol. The molecule has 0 saturated heterocycles. The summed E-state index contributed by atoms with van der Waals surface area (Å²) in [6.45, 7) is 0.439. The lowest BCUT2D eigenvalue weighted by molar-refractivity contribution is -0.146. The molecular weight excluding hydrogens is 406 g/mol. The van der Waals surface area contributed by atoms with E-state index in [1.165, 1.54) is 14.2 Å². The molecule has 2 atom stereocenters. The van der Waals surface area contributed by atoms with Gasteiger partial charge in [0.1, 0.15) is 18.4 Å². The van der Waals surface area contributed by atoms with Crippen LogP contribution in [0.4, 0.5) is 0 Å². The Labute approximate surface area is 188 Å². The van der Waals surface area contributed by atoms with Crippen molar-refractivity contribution < 1.29 is 23.8 Å². The highest BCUT2D eigenvalue weighted by molar-refractivity contribution is 5.87. The summed E-state index contributed by atoms with van der Waals surface area (Å²) < 4.78 is 16.2. The lowest BCUT2D eigenvalue weighted by Crippen LogP contribution is -2.45. The van der Waals surface area contributed by atoms with Gasteiger partial charge < -0.3 is 19.5 Å². The Balaban J connectivity index is 1.69. The lowest BCUT2D eigenvalue weighted by atomic mass is 10.0. The standard InChI is InChI=1S/C26H27NO5/c1-30-24(21-13-7-4-8-14-21)25(28)27-23(26(29)31-2)17-20-12-9-15-22(16-20)32-18-19-10-5-3-6-11-19/h3-16,23-24H,17-18H2,1-2H3,(H,27,28)/t23-,24+/m1/s1. The van der Waals surface area contributed by atoms with Gasteiger partial charge in [0.05, 0.1) is 7.11 Å². The molecule has 0 fully saturated rings. The van der Waals surface area contributed by atoms with Crippen LogP contribution in [0.15, 0.2) is 84.9 Å². The Kier molecular flexibility index (Phi) is 8.40. The Hall–Kier alpha value is -3.64. The van der Waals surface area contributed by atoms with Gasteiger partial charge in [-0.3, -0.25) is 4.79 Å².